The largest absolute Gasteiger partial charge is 0.497 e. The predicted molar refractivity (Wildman–Crippen MR) is 98.4 cm³/mol. The van der Waals surface area contributed by atoms with Gasteiger partial charge in [-0.25, -0.2) is 4.79 Å². The quantitative estimate of drug-likeness (QED) is 0.629. The Morgan fingerprint density at radius 1 is 1.12 bits per heavy atom. The summed E-state index contributed by atoms with van der Waals surface area (Å²) in [5, 5.41) is 3.95. The summed E-state index contributed by atoms with van der Waals surface area (Å²) in [6.45, 7) is 0.0434. The minimum Gasteiger partial charge on any atom is -0.497 e. The zero-order valence-corrected chi connectivity index (χ0v) is 14.9. The van der Waals surface area contributed by atoms with Gasteiger partial charge in [0.1, 0.15) is 18.1 Å². The van der Waals surface area contributed by atoms with Crippen molar-refractivity contribution in [3.63, 3.8) is 0 Å². The Morgan fingerprint density at radius 3 is 2.58 bits per heavy atom. The summed E-state index contributed by atoms with van der Waals surface area (Å²) in [6, 6.07) is 16.4. The second kappa shape index (κ2) is 7.74. The van der Waals surface area contributed by atoms with E-state index >= 15 is 0 Å². The minimum atomic E-state index is -0.402. The van der Waals surface area contributed by atoms with Crippen LogP contribution in [0.4, 0.5) is 5.69 Å². The molecule has 0 saturated heterocycles. The van der Waals surface area contributed by atoms with Crippen molar-refractivity contribution >= 4 is 11.7 Å². The van der Waals surface area contributed by atoms with E-state index in [2.05, 4.69) is 5.16 Å². The molecule has 3 aromatic rings. The molecule has 26 heavy (non-hydrogen) atoms. The molecule has 3 rings (SSSR count). The van der Waals surface area contributed by atoms with Gasteiger partial charge in [-0.15, -0.1) is 0 Å². The number of rotatable bonds is 6. The van der Waals surface area contributed by atoms with Gasteiger partial charge in [-0.2, -0.15) is 0 Å². The molecule has 0 unspecified atom stereocenters. The monoisotopic (exact) mass is 352 g/mol. The molecular weight excluding hydrogens is 332 g/mol. The third kappa shape index (κ3) is 4.03. The number of nitrogens with zero attached hydrogens (tertiary/aromatic N) is 2. The molecule has 0 aliphatic heterocycles. The van der Waals surface area contributed by atoms with Gasteiger partial charge in [0.15, 0.2) is 5.76 Å². The van der Waals surface area contributed by atoms with Crippen LogP contribution in [0.1, 0.15) is 16.1 Å². The number of benzene rings is 2. The number of hydrogen-bond acceptors (Lipinski definition) is 6. The zero-order chi connectivity index (χ0) is 18.5. The van der Waals surface area contributed by atoms with E-state index in [1.165, 1.54) is 0 Å². The molecule has 0 radical (unpaired) electrons. The van der Waals surface area contributed by atoms with E-state index in [-0.39, 0.29) is 6.61 Å². The van der Waals surface area contributed by atoms with Gasteiger partial charge in [0.05, 0.1) is 12.7 Å². The topological polar surface area (TPSA) is 64.8 Å². The van der Waals surface area contributed by atoms with E-state index in [0.29, 0.717) is 17.0 Å². The summed E-state index contributed by atoms with van der Waals surface area (Å²) in [4.78, 5) is 14.1. The molecule has 1 heterocycles. The molecule has 0 fully saturated rings. The van der Waals surface area contributed by atoms with Crippen molar-refractivity contribution < 1.29 is 18.8 Å². The maximum atomic E-state index is 12.1. The number of methoxy groups -OCH3 is 1. The van der Waals surface area contributed by atoms with E-state index < -0.39 is 5.97 Å². The Bertz CT molecular complexity index is 885. The Balaban J connectivity index is 1.63. The number of aromatic nitrogens is 1. The third-order valence-corrected chi connectivity index (χ3v) is 3.88. The van der Waals surface area contributed by atoms with Crippen molar-refractivity contribution in [3.05, 3.63) is 65.9 Å². The highest BCUT2D eigenvalue weighted by atomic mass is 16.5. The van der Waals surface area contributed by atoms with Crippen LogP contribution in [-0.4, -0.2) is 32.3 Å². The molecule has 6 heteroatoms. The summed E-state index contributed by atoms with van der Waals surface area (Å²) in [6.07, 6.45) is 0. The van der Waals surface area contributed by atoms with Crippen LogP contribution in [-0.2, 0) is 11.3 Å². The Labute approximate surface area is 151 Å². The van der Waals surface area contributed by atoms with E-state index in [0.717, 1.165) is 17.0 Å². The van der Waals surface area contributed by atoms with Crippen molar-refractivity contribution in [2.45, 2.75) is 6.61 Å². The first-order valence-electron chi connectivity index (χ1n) is 8.11. The van der Waals surface area contributed by atoms with Gasteiger partial charge >= 0.3 is 5.97 Å². The van der Waals surface area contributed by atoms with Crippen molar-refractivity contribution in [2.75, 3.05) is 26.1 Å². The van der Waals surface area contributed by atoms with Crippen molar-refractivity contribution in [3.8, 4) is 17.1 Å². The van der Waals surface area contributed by atoms with Crippen LogP contribution in [0.25, 0.3) is 11.3 Å². The Hall–Kier alpha value is -3.28. The standard InChI is InChI=1S/C20H20N2O4/c1-22(2)17-9-7-14(8-10-17)20(23)25-13-16-12-19(26-21-16)15-5-4-6-18(11-15)24-3/h4-12H,13H2,1-3H3. The fourth-order valence-corrected chi connectivity index (χ4v) is 2.41. The smallest absolute Gasteiger partial charge is 0.338 e. The number of carbonyl (C=O) groups is 1. The molecule has 0 bridgehead atoms. The normalized spacial score (nSPS) is 10.4. The van der Waals surface area contributed by atoms with Gasteiger partial charge in [-0.3, -0.25) is 0 Å². The first-order chi connectivity index (χ1) is 12.6. The summed E-state index contributed by atoms with van der Waals surface area (Å²) in [5.41, 5.74) is 2.89. The SMILES string of the molecule is COc1cccc(-c2cc(COC(=O)c3ccc(N(C)C)cc3)no2)c1. The lowest BCUT2D eigenvalue weighted by atomic mass is 10.1. The van der Waals surface area contributed by atoms with Gasteiger partial charge in [0.25, 0.3) is 0 Å². The number of ether oxygens (including phenoxy) is 2. The molecule has 0 N–H and O–H groups in total. The second-order valence-electron chi connectivity index (χ2n) is 5.93. The van der Waals surface area contributed by atoms with Gasteiger partial charge in [0, 0.05) is 31.4 Å². The summed E-state index contributed by atoms with van der Waals surface area (Å²) < 4.78 is 15.8. The van der Waals surface area contributed by atoms with E-state index in [4.69, 9.17) is 14.0 Å². The van der Waals surface area contributed by atoms with E-state index in [1.54, 1.807) is 25.3 Å². The first kappa shape index (κ1) is 17.5. The molecule has 0 atom stereocenters. The van der Waals surface area contributed by atoms with Crippen molar-refractivity contribution in [1.82, 2.24) is 5.16 Å². The van der Waals surface area contributed by atoms with Crippen molar-refractivity contribution in [2.24, 2.45) is 0 Å². The summed E-state index contributed by atoms with van der Waals surface area (Å²) in [5.74, 6) is 0.916. The van der Waals surface area contributed by atoms with Crippen LogP contribution in [0.3, 0.4) is 0 Å². The highest BCUT2D eigenvalue weighted by Crippen LogP contribution is 2.24. The molecule has 2 aromatic carbocycles. The Kier molecular flexibility index (Phi) is 5.22. The highest BCUT2D eigenvalue weighted by molar-refractivity contribution is 5.89. The fourth-order valence-electron chi connectivity index (χ4n) is 2.41. The number of hydrogen-bond donors (Lipinski definition) is 0. The molecule has 0 spiro atoms. The fraction of sp³-hybridized carbons (Fsp3) is 0.200. The van der Waals surface area contributed by atoms with Gasteiger partial charge in [0.2, 0.25) is 0 Å². The van der Waals surface area contributed by atoms with Gasteiger partial charge < -0.3 is 18.9 Å². The maximum absolute atomic E-state index is 12.1. The molecule has 0 amide bonds. The van der Waals surface area contributed by atoms with E-state index in [1.807, 2.05) is 55.4 Å². The van der Waals surface area contributed by atoms with Crippen LogP contribution in [0, 0.1) is 0 Å². The molecule has 134 valence electrons. The van der Waals surface area contributed by atoms with Crippen LogP contribution >= 0.6 is 0 Å². The minimum absolute atomic E-state index is 0.0434. The zero-order valence-electron chi connectivity index (χ0n) is 14.9. The van der Waals surface area contributed by atoms with Crippen LogP contribution in [0.5, 0.6) is 5.75 Å². The number of esters is 1. The lowest BCUT2D eigenvalue weighted by molar-refractivity contribution is 0.0464. The summed E-state index contributed by atoms with van der Waals surface area (Å²) >= 11 is 0. The lowest BCUT2D eigenvalue weighted by Gasteiger charge is -2.12. The summed E-state index contributed by atoms with van der Waals surface area (Å²) in [7, 11) is 5.49. The third-order valence-electron chi connectivity index (χ3n) is 3.88. The first-order valence-corrected chi connectivity index (χ1v) is 8.11. The molecule has 0 aliphatic carbocycles. The number of anilines is 1. The molecule has 0 saturated carbocycles. The molecular formula is C20H20N2O4. The maximum Gasteiger partial charge on any atom is 0.338 e. The number of carbonyl (C=O) groups excluding carboxylic acids is 1. The predicted octanol–water partition coefficient (Wildman–Crippen LogP) is 3.77. The Morgan fingerprint density at radius 2 is 1.88 bits per heavy atom. The van der Waals surface area contributed by atoms with Gasteiger partial charge in [-0.1, -0.05) is 17.3 Å². The van der Waals surface area contributed by atoms with E-state index in [9.17, 15) is 4.79 Å². The molecule has 1 aromatic heterocycles. The lowest BCUT2D eigenvalue weighted by Crippen LogP contribution is -2.09. The molecule has 0 aliphatic rings. The average molecular weight is 352 g/mol. The average Bonchev–Trinajstić information content (AvgIpc) is 3.15. The van der Waals surface area contributed by atoms with Crippen LogP contribution in [0.15, 0.2) is 59.1 Å². The molecule has 6 nitrogen and oxygen atoms in total. The van der Waals surface area contributed by atoms with Crippen LogP contribution in [0.2, 0.25) is 0 Å². The van der Waals surface area contributed by atoms with Gasteiger partial charge in [-0.05, 0) is 36.4 Å². The second-order valence-corrected chi connectivity index (χ2v) is 5.93. The van der Waals surface area contributed by atoms with Crippen molar-refractivity contribution in [1.29, 1.82) is 0 Å². The van der Waals surface area contributed by atoms with Crippen LogP contribution < -0.4 is 9.64 Å². The highest BCUT2D eigenvalue weighted by Gasteiger charge is 2.12.